The van der Waals surface area contributed by atoms with Gasteiger partial charge in [0.25, 0.3) is 0 Å². The van der Waals surface area contributed by atoms with Crippen molar-refractivity contribution in [3.8, 4) is 0 Å². The van der Waals surface area contributed by atoms with Crippen molar-refractivity contribution >= 4 is 21.7 Å². The highest BCUT2D eigenvalue weighted by molar-refractivity contribution is 9.11. The lowest BCUT2D eigenvalue weighted by Gasteiger charge is -1.95. The van der Waals surface area contributed by atoms with Gasteiger partial charge in [0, 0.05) is 12.8 Å². The monoisotopic (exact) mass is 244 g/mol. The van der Waals surface area contributed by atoms with Gasteiger partial charge in [0.2, 0.25) is 0 Å². The SMILES string of the molecule is CCCCC(=O)CC/C=C\C=C\Br. The predicted molar refractivity (Wildman–Crippen MR) is 61.0 cm³/mol. The first-order chi connectivity index (χ1) is 6.31. The Morgan fingerprint density at radius 3 is 2.69 bits per heavy atom. The van der Waals surface area contributed by atoms with Crippen LogP contribution in [0.2, 0.25) is 0 Å². The summed E-state index contributed by atoms with van der Waals surface area (Å²) in [5.74, 6) is 0.384. The third-order valence-electron chi connectivity index (χ3n) is 1.72. The quantitative estimate of drug-likeness (QED) is 0.620. The van der Waals surface area contributed by atoms with Crippen molar-refractivity contribution < 1.29 is 4.79 Å². The lowest BCUT2D eigenvalue weighted by Crippen LogP contribution is -1.95. The standard InChI is InChI=1S/C11H17BrO/c1-2-3-8-11(13)9-6-4-5-7-10-12/h4-5,7,10H,2-3,6,8-9H2,1H3/b5-4-,10-7+. The molecule has 0 aliphatic rings. The average Bonchev–Trinajstić information content (AvgIpc) is 2.14. The van der Waals surface area contributed by atoms with Crippen LogP contribution >= 0.6 is 15.9 Å². The molecule has 0 unspecified atom stereocenters. The van der Waals surface area contributed by atoms with Gasteiger partial charge in [0.05, 0.1) is 0 Å². The number of halogens is 1. The van der Waals surface area contributed by atoms with E-state index in [0.717, 1.165) is 25.7 Å². The number of carbonyl (C=O) groups excluding carboxylic acids is 1. The van der Waals surface area contributed by atoms with Gasteiger partial charge in [0.1, 0.15) is 5.78 Å². The number of hydrogen-bond acceptors (Lipinski definition) is 1. The van der Waals surface area contributed by atoms with Crippen LogP contribution < -0.4 is 0 Å². The number of ketones is 1. The first-order valence-electron chi connectivity index (χ1n) is 4.74. The Bertz CT molecular complexity index is 183. The van der Waals surface area contributed by atoms with Crippen molar-refractivity contribution in [2.24, 2.45) is 0 Å². The van der Waals surface area contributed by atoms with E-state index in [1.807, 2.05) is 18.2 Å². The van der Waals surface area contributed by atoms with Crippen LogP contribution in [-0.2, 0) is 4.79 Å². The highest BCUT2D eigenvalue weighted by Gasteiger charge is 1.97. The Balaban J connectivity index is 3.36. The molecule has 1 nitrogen and oxygen atoms in total. The molecule has 0 aromatic heterocycles. The molecule has 0 saturated carbocycles. The summed E-state index contributed by atoms with van der Waals surface area (Å²) in [5.41, 5.74) is 0. The minimum absolute atomic E-state index is 0.384. The molecule has 0 rings (SSSR count). The topological polar surface area (TPSA) is 17.1 Å². The zero-order valence-electron chi connectivity index (χ0n) is 8.13. The lowest BCUT2D eigenvalue weighted by molar-refractivity contribution is -0.119. The van der Waals surface area contributed by atoms with E-state index in [2.05, 4.69) is 22.9 Å². The van der Waals surface area contributed by atoms with Crippen molar-refractivity contribution in [2.45, 2.75) is 39.0 Å². The molecule has 0 bridgehead atoms. The zero-order chi connectivity index (χ0) is 9.94. The number of Topliss-reactive ketones (excluding diaryl/α,β-unsaturated/α-hetero) is 1. The normalized spacial score (nSPS) is 11.5. The van der Waals surface area contributed by atoms with Gasteiger partial charge in [-0.3, -0.25) is 4.79 Å². The van der Waals surface area contributed by atoms with Crippen molar-refractivity contribution in [3.05, 3.63) is 23.2 Å². The van der Waals surface area contributed by atoms with Crippen molar-refractivity contribution in [1.29, 1.82) is 0 Å². The molecule has 2 heteroatoms. The smallest absolute Gasteiger partial charge is 0.133 e. The molecule has 0 heterocycles. The average molecular weight is 245 g/mol. The number of allylic oxidation sites excluding steroid dienone is 3. The maximum Gasteiger partial charge on any atom is 0.133 e. The second kappa shape index (κ2) is 9.72. The molecule has 0 amide bonds. The van der Waals surface area contributed by atoms with Gasteiger partial charge in [-0.25, -0.2) is 0 Å². The molecule has 0 fully saturated rings. The fourth-order valence-corrected chi connectivity index (χ4v) is 1.14. The Kier molecular flexibility index (Phi) is 9.44. The van der Waals surface area contributed by atoms with Crippen molar-refractivity contribution in [1.82, 2.24) is 0 Å². The molecule has 0 saturated heterocycles. The fraction of sp³-hybridized carbons (Fsp3) is 0.545. The zero-order valence-corrected chi connectivity index (χ0v) is 9.72. The number of carbonyl (C=O) groups is 1. The molecule has 0 aromatic carbocycles. The number of hydrogen-bond donors (Lipinski definition) is 0. The summed E-state index contributed by atoms with van der Waals surface area (Å²) >= 11 is 3.17. The fourth-order valence-electron chi connectivity index (χ4n) is 0.960. The van der Waals surface area contributed by atoms with Gasteiger partial charge in [-0.1, -0.05) is 47.5 Å². The second-order valence-electron chi connectivity index (χ2n) is 2.93. The summed E-state index contributed by atoms with van der Waals surface area (Å²) < 4.78 is 0. The lowest BCUT2D eigenvalue weighted by atomic mass is 10.1. The Hall–Kier alpha value is -0.370. The second-order valence-corrected chi connectivity index (χ2v) is 3.46. The molecule has 0 aliphatic heterocycles. The molecule has 0 radical (unpaired) electrons. The van der Waals surface area contributed by atoms with E-state index in [0.29, 0.717) is 12.2 Å². The number of rotatable bonds is 7. The van der Waals surface area contributed by atoms with Crippen LogP contribution in [0, 0.1) is 0 Å². The summed E-state index contributed by atoms with van der Waals surface area (Å²) in [5, 5.41) is 0. The van der Waals surface area contributed by atoms with Gasteiger partial charge < -0.3 is 0 Å². The Morgan fingerprint density at radius 1 is 1.31 bits per heavy atom. The summed E-state index contributed by atoms with van der Waals surface area (Å²) in [6.07, 6.45) is 10.3. The van der Waals surface area contributed by atoms with Crippen LogP contribution in [0.15, 0.2) is 23.2 Å². The maximum absolute atomic E-state index is 11.2. The van der Waals surface area contributed by atoms with Gasteiger partial charge in [-0.05, 0) is 17.8 Å². The van der Waals surface area contributed by atoms with E-state index in [-0.39, 0.29) is 0 Å². The van der Waals surface area contributed by atoms with Crippen LogP contribution in [0.25, 0.3) is 0 Å². The van der Waals surface area contributed by atoms with Crippen LogP contribution in [0.4, 0.5) is 0 Å². The van der Waals surface area contributed by atoms with Crippen LogP contribution in [0.1, 0.15) is 39.0 Å². The molecule has 0 atom stereocenters. The molecule has 74 valence electrons. The maximum atomic E-state index is 11.2. The van der Waals surface area contributed by atoms with Crippen LogP contribution in [-0.4, -0.2) is 5.78 Å². The highest BCUT2D eigenvalue weighted by atomic mass is 79.9. The van der Waals surface area contributed by atoms with Crippen LogP contribution in [0.3, 0.4) is 0 Å². The van der Waals surface area contributed by atoms with E-state index in [1.54, 1.807) is 4.99 Å². The van der Waals surface area contributed by atoms with Crippen molar-refractivity contribution in [2.75, 3.05) is 0 Å². The highest BCUT2D eigenvalue weighted by Crippen LogP contribution is 2.01. The summed E-state index contributed by atoms with van der Waals surface area (Å²) in [7, 11) is 0. The van der Waals surface area contributed by atoms with Gasteiger partial charge in [-0.2, -0.15) is 0 Å². The van der Waals surface area contributed by atoms with E-state index < -0.39 is 0 Å². The van der Waals surface area contributed by atoms with Crippen LogP contribution in [0.5, 0.6) is 0 Å². The molecule has 0 N–H and O–H groups in total. The molecular formula is C11H17BrO. The minimum atomic E-state index is 0.384. The van der Waals surface area contributed by atoms with E-state index >= 15 is 0 Å². The molecule has 0 aliphatic carbocycles. The summed E-state index contributed by atoms with van der Waals surface area (Å²) in [6, 6.07) is 0. The van der Waals surface area contributed by atoms with E-state index in [9.17, 15) is 4.79 Å². The largest absolute Gasteiger partial charge is 0.300 e. The third kappa shape index (κ3) is 9.54. The third-order valence-corrected chi connectivity index (χ3v) is 2.02. The van der Waals surface area contributed by atoms with E-state index in [1.165, 1.54) is 0 Å². The molecule has 0 spiro atoms. The van der Waals surface area contributed by atoms with Gasteiger partial charge in [0.15, 0.2) is 0 Å². The Labute approximate surface area is 89.0 Å². The van der Waals surface area contributed by atoms with Gasteiger partial charge in [-0.15, -0.1) is 0 Å². The Morgan fingerprint density at radius 2 is 2.08 bits per heavy atom. The molecular weight excluding hydrogens is 228 g/mol. The summed E-state index contributed by atoms with van der Waals surface area (Å²) in [6.45, 7) is 2.11. The molecule has 13 heavy (non-hydrogen) atoms. The minimum Gasteiger partial charge on any atom is -0.300 e. The van der Waals surface area contributed by atoms with E-state index in [4.69, 9.17) is 0 Å². The first-order valence-corrected chi connectivity index (χ1v) is 5.66. The molecule has 0 aromatic rings. The first kappa shape index (κ1) is 12.6. The van der Waals surface area contributed by atoms with Gasteiger partial charge >= 0.3 is 0 Å². The summed E-state index contributed by atoms with van der Waals surface area (Å²) in [4.78, 5) is 13.0. The predicted octanol–water partition coefficient (Wildman–Crippen LogP) is 3.99. The van der Waals surface area contributed by atoms with Crippen molar-refractivity contribution in [3.63, 3.8) is 0 Å². The number of unbranched alkanes of at least 4 members (excludes halogenated alkanes) is 1.